The molecule has 2 amide bonds. The van der Waals surface area contributed by atoms with E-state index in [1.165, 1.54) is 30.3 Å². The molecule has 0 spiro atoms. The Morgan fingerprint density at radius 1 is 0.875 bits per heavy atom. The zero-order valence-corrected chi connectivity index (χ0v) is 17.5. The van der Waals surface area contributed by atoms with Crippen LogP contribution in [0.15, 0.2) is 78.9 Å². The highest BCUT2D eigenvalue weighted by Gasteiger charge is 2.34. The maximum absolute atomic E-state index is 13.7. The van der Waals surface area contributed by atoms with Gasteiger partial charge in [-0.25, -0.2) is 8.78 Å². The molecular formula is C26H24F2N2O2. The molecule has 1 fully saturated rings. The fourth-order valence-corrected chi connectivity index (χ4v) is 4.21. The molecule has 32 heavy (non-hydrogen) atoms. The molecule has 1 aliphatic heterocycles. The lowest BCUT2D eigenvalue weighted by molar-refractivity contribution is -0.126. The minimum atomic E-state index is -0.475. The molecular weight excluding hydrogens is 410 g/mol. The van der Waals surface area contributed by atoms with Gasteiger partial charge in [-0.1, -0.05) is 48.5 Å². The molecule has 2 atom stereocenters. The standard InChI is InChI=1S/C26H24F2N2O2/c27-23-10-4-6-18(12-23)15-29-25(31)22-13-21(19-7-2-1-3-8-19)16-30(17-22)26(32)20-9-5-11-24(28)14-20/h1-12,14,21-22H,13,15-17H2,(H,29,31)/t21-,22-/m0/s1. The first-order valence-electron chi connectivity index (χ1n) is 10.6. The van der Waals surface area contributed by atoms with Crippen LogP contribution in [0.2, 0.25) is 0 Å². The predicted octanol–water partition coefficient (Wildman–Crippen LogP) is 4.53. The minimum absolute atomic E-state index is 0.0209. The third kappa shape index (κ3) is 5.19. The van der Waals surface area contributed by atoms with Crippen LogP contribution in [0.25, 0.3) is 0 Å². The molecule has 4 nitrogen and oxygen atoms in total. The van der Waals surface area contributed by atoms with Crippen LogP contribution in [-0.2, 0) is 11.3 Å². The van der Waals surface area contributed by atoms with Gasteiger partial charge in [-0.2, -0.15) is 0 Å². The largest absolute Gasteiger partial charge is 0.352 e. The van der Waals surface area contributed by atoms with Gasteiger partial charge in [0.25, 0.3) is 5.91 Å². The molecule has 6 heteroatoms. The molecule has 1 heterocycles. The molecule has 3 aromatic rings. The number of hydrogen-bond acceptors (Lipinski definition) is 2. The van der Waals surface area contributed by atoms with Crippen LogP contribution >= 0.6 is 0 Å². The lowest BCUT2D eigenvalue weighted by Crippen LogP contribution is -2.48. The highest BCUT2D eigenvalue weighted by atomic mass is 19.1. The Balaban J connectivity index is 1.52. The Morgan fingerprint density at radius 3 is 2.31 bits per heavy atom. The van der Waals surface area contributed by atoms with Crippen LogP contribution in [0.3, 0.4) is 0 Å². The molecule has 0 unspecified atom stereocenters. The van der Waals surface area contributed by atoms with E-state index >= 15 is 0 Å². The van der Waals surface area contributed by atoms with Crippen LogP contribution in [0.4, 0.5) is 8.78 Å². The number of piperidine rings is 1. The van der Waals surface area contributed by atoms with Gasteiger partial charge >= 0.3 is 0 Å². The van der Waals surface area contributed by atoms with Gasteiger partial charge in [-0.15, -0.1) is 0 Å². The Morgan fingerprint density at radius 2 is 1.59 bits per heavy atom. The van der Waals surface area contributed by atoms with E-state index in [1.54, 1.807) is 23.1 Å². The Hall–Kier alpha value is -3.54. The number of carbonyl (C=O) groups is 2. The summed E-state index contributed by atoms with van der Waals surface area (Å²) >= 11 is 0. The lowest BCUT2D eigenvalue weighted by Gasteiger charge is -2.37. The van der Waals surface area contributed by atoms with E-state index in [0.29, 0.717) is 18.5 Å². The van der Waals surface area contributed by atoms with Gasteiger partial charge in [0.2, 0.25) is 5.91 Å². The Bertz CT molecular complexity index is 1100. The number of halogens is 2. The van der Waals surface area contributed by atoms with Crippen molar-refractivity contribution in [1.82, 2.24) is 10.2 Å². The van der Waals surface area contributed by atoms with E-state index in [4.69, 9.17) is 0 Å². The summed E-state index contributed by atoms with van der Waals surface area (Å²) in [6.45, 7) is 0.904. The van der Waals surface area contributed by atoms with E-state index in [0.717, 1.165) is 5.56 Å². The summed E-state index contributed by atoms with van der Waals surface area (Å²) in [5, 5.41) is 2.87. The first kappa shape index (κ1) is 21.7. The quantitative estimate of drug-likeness (QED) is 0.642. The highest BCUT2D eigenvalue weighted by molar-refractivity contribution is 5.94. The summed E-state index contributed by atoms with van der Waals surface area (Å²) < 4.78 is 27.1. The number of amides is 2. The van der Waals surface area contributed by atoms with Crippen molar-refractivity contribution in [1.29, 1.82) is 0 Å². The molecule has 1 aliphatic rings. The van der Waals surface area contributed by atoms with Crippen molar-refractivity contribution in [2.24, 2.45) is 5.92 Å². The maximum atomic E-state index is 13.7. The third-order valence-corrected chi connectivity index (χ3v) is 5.81. The van der Waals surface area contributed by atoms with Gasteiger partial charge in [-0.3, -0.25) is 9.59 Å². The van der Waals surface area contributed by atoms with Crippen LogP contribution in [-0.4, -0.2) is 29.8 Å². The van der Waals surface area contributed by atoms with Crippen molar-refractivity contribution in [3.63, 3.8) is 0 Å². The monoisotopic (exact) mass is 434 g/mol. The second kappa shape index (κ2) is 9.73. The normalized spacial score (nSPS) is 18.2. The average molecular weight is 434 g/mol. The highest BCUT2D eigenvalue weighted by Crippen LogP contribution is 2.31. The van der Waals surface area contributed by atoms with Crippen LogP contribution in [0, 0.1) is 17.6 Å². The van der Waals surface area contributed by atoms with Crippen molar-refractivity contribution < 1.29 is 18.4 Å². The van der Waals surface area contributed by atoms with Crippen molar-refractivity contribution >= 4 is 11.8 Å². The van der Waals surface area contributed by atoms with Crippen molar-refractivity contribution in [3.05, 3.63) is 107 Å². The fourth-order valence-electron chi connectivity index (χ4n) is 4.21. The van der Waals surface area contributed by atoms with Crippen LogP contribution in [0.1, 0.15) is 33.8 Å². The number of benzene rings is 3. The number of nitrogens with one attached hydrogen (secondary N) is 1. The van der Waals surface area contributed by atoms with Gasteiger partial charge in [0.15, 0.2) is 0 Å². The third-order valence-electron chi connectivity index (χ3n) is 5.81. The summed E-state index contributed by atoms with van der Waals surface area (Å²) in [4.78, 5) is 27.7. The molecule has 0 saturated carbocycles. The number of rotatable bonds is 5. The molecule has 1 saturated heterocycles. The van der Waals surface area contributed by atoms with E-state index < -0.39 is 11.7 Å². The van der Waals surface area contributed by atoms with E-state index in [9.17, 15) is 18.4 Å². The zero-order valence-electron chi connectivity index (χ0n) is 17.5. The van der Waals surface area contributed by atoms with Gasteiger partial charge in [0.05, 0.1) is 5.92 Å². The Kier molecular flexibility index (Phi) is 6.59. The lowest BCUT2D eigenvalue weighted by atomic mass is 9.83. The molecule has 0 aliphatic carbocycles. The SMILES string of the molecule is O=C(NCc1cccc(F)c1)[C@H]1C[C@H](c2ccccc2)CN(C(=O)c2cccc(F)c2)C1. The number of hydrogen-bond donors (Lipinski definition) is 1. The van der Waals surface area contributed by atoms with Gasteiger partial charge in [0, 0.05) is 31.1 Å². The van der Waals surface area contributed by atoms with Crippen LogP contribution < -0.4 is 5.32 Å². The summed E-state index contributed by atoms with van der Waals surface area (Å²) in [5.41, 5.74) is 1.98. The first-order valence-corrected chi connectivity index (χ1v) is 10.6. The number of carbonyl (C=O) groups excluding carboxylic acids is 2. The maximum Gasteiger partial charge on any atom is 0.253 e. The van der Waals surface area contributed by atoms with E-state index in [2.05, 4.69) is 5.32 Å². The summed E-state index contributed by atoms with van der Waals surface area (Å²) in [6, 6.07) is 21.4. The molecule has 0 radical (unpaired) electrons. The van der Waals surface area contributed by atoms with Gasteiger partial charge in [-0.05, 0) is 47.9 Å². The van der Waals surface area contributed by atoms with Crippen molar-refractivity contribution in [2.45, 2.75) is 18.9 Å². The molecule has 164 valence electrons. The predicted molar refractivity (Wildman–Crippen MR) is 118 cm³/mol. The zero-order chi connectivity index (χ0) is 22.5. The summed E-state index contributed by atoms with van der Waals surface area (Å²) in [6.07, 6.45) is 0.589. The Labute approximate surface area is 185 Å². The summed E-state index contributed by atoms with van der Waals surface area (Å²) in [5.74, 6) is -1.77. The number of nitrogens with zero attached hydrogens (tertiary/aromatic N) is 1. The minimum Gasteiger partial charge on any atom is -0.352 e. The first-order chi connectivity index (χ1) is 15.5. The average Bonchev–Trinajstić information content (AvgIpc) is 2.82. The van der Waals surface area contributed by atoms with Crippen molar-refractivity contribution in [2.75, 3.05) is 13.1 Å². The molecule has 1 N–H and O–H groups in total. The van der Waals surface area contributed by atoms with E-state index in [-0.39, 0.29) is 42.2 Å². The summed E-state index contributed by atoms with van der Waals surface area (Å²) in [7, 11) is 0. The fraction of sp³-hybridized carbons (Fsp3) is 0.231. The topological polar surface area (TPSA) is 49.4 Å². The second-order valence-electron chi connectivity index (χ2n) is 8.11. The van der Waals surface area contributed by atoms with Gasteiger partial charge in [0.1, 0.15) is 11.6 Å². The molecule has 3 aromatic carbocycles. The second-order valence-corrected chi connectivity index (χ2v) is 8.11. The van der Waals surface area contributed by atoms with Gasteiger partial charge < -0.3 is 10.2 Å². The smallest absolute Gasteiger partial charge is 0.253 e. The van der Waals surface area contributed by atoms with E-state index in [1.807, 2.05) is 30.3 Å². The van der Waals surface area contributed by atoms with Crippen LogP contribution in [0.5, 0.6) is 0 Å². The molecule has 4 rings (SSSR count). The van der Waals surface area contributed by atoms with Crippen molar-refractivity contribution in [3.8, 4) is 0 Å². The number of likely N-dealkylation sites (tertiary alicyclic amines) is 1. The molecule has 0 aromatic heterocycles. The molecule has 0 bridgehead atoms.